The minimum atomic E-state index is -0.126. The van der Waals surface area contributed by atoms with Gasteiger partial charge in [-0.2, -0.15) is 0 Å². The Bertz CT molecular complexity index is 542. The molecule has 4 heteroatoms. The Morgan fingerprint density at radius 1 is 1.25 bits per heavy atom. The molecule has 1 heterocycles. The summed E-state index contributed by atoms with van der Waals surface area (Å²) in [7, 11) is 0. The Morgan fingerprint density at radius 2 is 2.06 bits per heavy atom. The highest BCUT2D eigenvalue weighted by atomic mass is 79.9. The van der Waals surface area contributed by atoms with Crippen molar-refractivity contribution in [2.24, 2.45) is 0 Å². The van der Waals surface area contributed by atoms with Gasteiger partial charge in [0, 0.05) is 16.2 Å². The first-order valence-electron chi connectivity index (χ1n) is 4.59. The van der Waals surface area contributed by atoms with Crippen molar-refractivity contribution in [2.45, 2.75) is 0 Å². The molecule has 0 aliphatic heterocycles. The molecule has 0 bridgehead atoms. The number of pyridine rings is 1. The number of nitrogens with zero attached hydrogens (tertiary/aromatic N) is 1. The fourth-order valence-corrected chi connectivity index (χ4v) is 1.95. The molecule has 0 aliphatic carbocycles. The zero-order valence-corrected chi connectivity index (χ0v) is 10.5. The summed E-state index contributed by atoms with van der Waals surface area (Å²) in [4.78, 5) is 16.0. The van der Waals surface area contributed by atoms with Gasteiger partial charge in [-0.25, -0.2) is 4.98 Å². The first-order valence-corrected chi connectivity index (χ1v) is 5.76. The second-order valence-electron chi connectivity index (χ2n) is 3.18. The normalized spacial score (nSPS) is 10.1. The summed E-state index contributed by atoms with van der Waals surface area (Å²) in [5, 5.41) is 0.229. The molecule has 0 fully saturated rings. The van der Waals surface area contributed by atoms with Crippen LogP contribution in [0.5, 0.6) is 0 Å². The fraction of sp³-hybridized carbons (Fsp3) is 0. The fourth-order valence-electron chi connectivity index (χ4n) is 1.34. The summed E-state index contributed by atoms with van der Waals surface area (Å²) in [5.74, 6) is -0.126. The molecule has 0 unspecified atom stereocenters. The van der Waals surface area contributed by atoms with Crippen LogP contribution in [-0.2, 0) is 0 Å². The SMILES string of the molecule is O=C(c1cccc(Br)c1)c1cccnc1Cl. The number of halogens is 2. The number of carbonyl (C=O) groups is 1. The third kappa shape index (κ3) is 2.31. The number of ketones is 1. The van der Waals surface area contributed by atoms with Gasteiger partial charge in [-0.3, -0.25) is 4.79 Å². The molecule has 0 atom stereocenters. The Labute approximate surface area is 106 Å². The van der Waals surface area contributed by atoms with Gasteiger partial charge in [0.25, 0.3) is 0 Å². The molecule has 2 nitrogen and oxygen atoms in total. The van der Waals surface area contributed by atoms with E-state index in [9.17, 15) is 4.79 Å². The molecule has 0 radical (unpaired) electrons. The lowest BCUT2D eigenvalue weighted by Gasteiger charge is -2.02. The van der Waals surface area contributed by atoms with Crippen molar-refractivity contribution in [1.29, 1.82) is 0 Å². The highest BCUT2D eigenvalue weighted by molar-refractivity contribution is 9.10. The van der Waals surface area contributed by atoms with Gasteiger partial charge in [-0.1, -0.05) is 39.7 Å². The van der Waals surface area contributed by atoms with E-state index in [1.165, 1.54) is 0 Å². The van der Waals surface area contributed by atoms with Crippen LogP contribution in [0.25, 0.3) is 0 Å². The van der Waals surface area contributed by atoms with Crippen LogP contribution in [0, 0.1) is 0 Å². The smallest absolute Gasteiger partial charge is 0.196 e. The van der Waals surface area contributed by atoms with E-state index in [0.717, 1.165) is 4.47 Å². The topological polar surface area (TPSA) is 30.0 Å². The Kier molecular flexibility index (Phi) is 3.36. The minimum absolute atomic E-state index is 0.126. The summed E-state index contributed by atoms with van der Waals surface area (Å²) in [6.07, 6.45) is 1.56. The second kappa shape index (κ2) is 4.76. The monoisotopic (exact) mass is 295 g/mol. The van der Waals surface area contributed by atoms with Gasteiger partial charge in [0.15, 0.2) is 5.78 Å². The number of hydrogen-bond acceptors (Lipinski definition) is 2. The van der Waals surface area contributed by atoms with Crippen LogP contribution in [-0.4, -0.2) is 10.8 Å². The van der Waals surface area contributed by atoms with E-state index in [-0.39, 0.29) is 10.9 Å². The first-order chi connectivity index (χ1) is 7.68. The van der Waals surface area contributed by atoms with E-state index in [0.29, 0.717) is 11.1 Å². The highest BCUT2D eigenvalue weighted by Gasteiger charge is 2.12. The average Bonchev–Trinajstić information content (AvgIpc) is 2.29. The maximum absolute atomic E-state index is 12.1. The van der Waals surface area contributed by atoms with Crippen LogP contribution < -0.4 is 0 Å². The zero-order chi connectivity index (χ0) is 11.5. The van der Waals surface area contributed by atoms with Crippen LogP contribution >= 0.6 is 27.5 Å². The highest BCUT2D eigenvalue weighted by Crippen LogP contribution is 2.19. The molecule has 1 aromatic heterocycles. The lowest BCUT2D eigenvalue weighted by Crippen LogP contribution is -2.02. The molecule has 0 aliphatic rings. The van der Waals surface area contributed by atoms with E-state index < -0.39 is 0 Å². The first kappa shape index (κ1) is 11.3. The maximum atomic E-state index is 12.1. The van der Waals surface area contributed by atoms with Gasteiger partial charge in [0.2, 0.25) is 0 Å². The number of carbonyl (C=O) groups excluding carboxylic acids is 1. The van der Waals surface area contributed by atoms with E-state index >= 15 is 0 Å². The van der Waals surface area contributed by atoms with Crippen LogP contribution in [0.3, 0.4) is 0 Å². The standard InChI is InChI=1S/C12H7BrClNO/c13-9-4-1-3-8(7-9)11(16)10-5-2-6-15-12(10)14/h1-7H. The average molecular weight is 297 g/mol. The molecule has 16 heavy (non-hydrogen) atoms. The molecule has 0 saturated heterocycles. The van der Waals surface area contributed by atoms with Crippen molar-refractivity contribution in [1.82, 2.24) is 4.98 Å². The number of aromatic nitrogens is 1. The number of rotatable bonds is 2. The van der Waals surface area contributed by atoms with Crippen molar-refractivity contribution < 1.29 is 4.79 Å². The quantitative estimate of drug-likeness (QED) is 0.624. The van der Waals surface area contributed by atoms with E-state index in [4.69, 9.17) is 11.6 Å². The lowest BCUT2D eigenvalue weighted by molar-refractivity contribution is 0.103. The summed E-state index contributed by atoms with van der Waals surface area (Å²) >= 11 is 9.19. The van der Waals surface area contributed by atoms with E-state index in [2.05, 4.69) is 20.9 Å². The molecule has 2 rings (SSSR count). The third-order valence-electron chi connectivity index (χ3n) is 2.09. The molecule has 0 amide bonds. The zero-order valence-electron chi connectivity index (χ0n) is 8.15. The maximum Gasteiger partial charge on any atom is 0.196 e. The van der Waals surface area contributed by atoms with Gasteiger partial charge in [-0.15, -0.1) is 0 Å². The number of benzene rings is 1. The Balaban J connectivity index is 2.44. The van der Waals surface area contributed by atoms with Crippen molar-refractivity contribution in [3.63, 3.8) is 0 Å². The Hall–Kier alpha value is -1.19. The van der Waals surface area contributed by atoms with Gasteiger partial charge in [0.05, 0.1) is 5.56 Å². The van der Waals surface area contributed by atoms with Crippen LogP contribution in [0.1, 0.15) is 15.9 Å². The molecule has 1 aromatic carbocycles. The van der Waals surface area contributed by atoms with Gasteiger partial charge < -0.3 is 0 Å². The summed E-state index contributed by atoms with van der Waals surface area (Å²) in [5.41, 5.74) is 1.01. The summed E-state index contributed by atoms with van der Waals surface area (Å²) in [6.45, 7) is 0. The van der Waals surface area contributed by atoms with Crippen molar-refractivity contribution in [3.8, 4) is 0 Å². The predicted octanol–water partition coefficient (Wildman–Crippen LogP) is 3.73. The molecule has 80 valence electrons. The number of hydrogen-bond donors (Lipinski definition) is 0. The largest absolute Gasteiger partial charge is 0.288 e. The minimum Gasteiger partial charge on any atom is -0.288 e. The molecule has 0 saturated carbocycles. The van der Waals surface area contributed by atoms with Crippen molar-refractivity contribution >= 4 is 33.3 Å². The lowest BCUT2D eigenvalue weighted by atomic mass is 10.1. The van der Waals surface area contributed by atoms with Gasteiger partial charge in [0.1, 0.15) is 5.15 Å². The van der Waals surface area contributed by atoms with Crippen molar-refractivity contribution in [3.05, 3.63) is 63.3 Å². The van der Waals surface area contributed by atoms with Crippen LogP contribution in [0.4, 0.5) is 0 Å². The third-order valence-corrected chi connectivity index (χ3v) is 2.88. The van der Waals surface area contributed by atoms with Gasteiger partial charge >= 0.3 is 0 Å². The molecular weight excluding hydrogens is 289 g/mol. The van der Waals surface area contributed by atoms with Crippen LogP contribution in [0.15, 0.2) is 47.1 Å². The molecular formula is C12H7BrClNO. The Morgan fingerprint density at radius 3 is 2.75 bits per heavy atom. The second-order valence-corrected chi connectivity index (χ2v) is 4.45. The van der Waals surface area contributed by atoms with Gasteiger partial charge in [-0.05, 0) is 24.3 Å². The van der Waals surface area contributed by atoms with Crippen molar-refractivity contribution in [2.75, 3.05) is 0 Å². The molecule has 0 N–H and O–H groups in total. The van der Waals surface area contributed by atoms with E-state index in [1.54, 1.807) is 30.5 Å². The van der Waals surface area contributed by atoms with Crippen LogP contribution in [0.2, 0.25) is 5.15 Å². The molecule has 2 aromatic rings. The summed E-state index contributed by atoms with van der Waals surface area (Å²) < 4.78 is 0.860. The summed E-state index contributed by atoms with van der Waals surface area (Å²) in [6, 6.07) is 10.5. The predicted molar refractivity (Wildman–Crippen MR) is 66.8 cm³/mol. The van der Waals surface area contributed by atoms with E-state index in [1.807, 2.05) is 12.1 Å². The molecule has 0 spiro atoms.